The summed E-state index contributed by atoms with van der Waals surface area (Å²) in [6.45, 7) is 7.39. The summed E-state index contributed by atoms with van der Waals surface area (Å²) in [6, 6.07) is 43.4. The fourth-order valence-electron chi connectivity index (χ4n) is 8.21. The minimum Gasteiger partial charge on any atom is -0.308 e. The van der Waals surface area contributed by atoms with Crippen LogP contribution in [-0.4, -0.2) is 46.3 Å². The molecule has 0 spiro atoms. The summed E-state index contributed by atoms with van der Waals surface area (Å²) in [4.78, 5) is 58.7. The van der Waals surface area contributed by atoms with Crippen LogP contribution in [0.2, 0.25) is 0 Å². The third-order valence-electron chi connectivity index (χ3n) is 10.6. The lowest BCUT2D eigenvalue weighted by Gasteiger charge is -2.22. The molecule has 4 heterocycles. The molecule has 6 aromatic carbocycles. The van der Waals surface area contributed by atoms with Crippen LogP contribution in [0.25, 0.3) is 72.5 Å². The molecule has 0 saturated heterocycles. The van der Waals surface area contributed by atoms with Crippen LogP contribution in [0.3, 0.4) is 0 Å². The first kappa shape index (κ1) is 34.7. The number of fused-ring (bicyclic) bond motifs is 4. The van der Waals surface area contributed by atoms with Gasteiger partial charge in [-0.05, 0) is 74.7 Å². The van der Waals surface area contributed by atoms with Gasteiger partial charge in [0.1, 0.15) is 23.3 Å². The number of aryl methyl sites for hydroxylation is 4. The van der Waals surface area contributed by atoms with Gasteiger partial charge >= 0.3 is 0 Å². The molecule has 10 heteroatoms. The van der Waals surface area contributed by atoms with E-state index in [4.69, 9.17) is 0 Å². The third kappa shape index (κ3) is 5.64. The lowest BCUT2D eigenvalue weighted by atomic mass is 9.92. The average Bonchev–Trinajstić information content (AvgIpc) is 3.69. The highest BCUT2D eigenvalue weighted by Gasteiger charge is 2.41. The van der Waals surface area contributed by atoms with Crippen LogP contribution in [0.5, 0.6) is 0 Å². The van der Waals surface area contributed by atoms with E-state index in [1.54, 1.807) is 6.07 Å². The summed E-state index contributed by atoms with van der Waals surface area (Å²) in [6.07, 6.45) is 0. The number of amides is 2. The monoisotopic (exact) mass is 754 g/mol. The molecule has 0 saturated carbocycles. The van der Waals surface area contributed by atoms with Crippen molar-refractivity contribution in [3.05, 3.63) is 168 Å². The number of hydrogen-bond acceptors (Lipinski definition) is 8. The van der Waals surface area contributed by atoms with E-state index in [9.17, 15) is 4.79 Å². The summed E-state index contributed by atoms with van der Waals surface area (Å²) in [5.74, 6) is 2.76. The van der Waals surface area contributed by atoms with E-state index in [-0.39, 0.29) is 0 Å². The zero-order chi connectivity index (χ0) is 39.7. The van der Waals surface area contributed by atoms with Gasteiger partial charge in [-0.2, -0.15) is 0 Å². The largest absolute Gasteiger partial charge is 0.308 e. The molecule has 1 aliphatic rings. The number of carbonyl (C=O) groups is 2. The highest BCUT2D eigenvalue weighted by Crippen LogP contribution is 2.44. The van der Waals surface area contributed by atoms with Gasteiger partial charge in [0, 0.05) is 27.5 Å². The highest BCUT2D eigenvalue weighted by atomic mass is 16.2. The van der Waals surface area contributed by atoms with Crippen molar-refractivity contribution in [3.63, 3.8) is 0 Å². The van der Waals surface area contributed by atoms with Crippen LogP contribution in [0, 0.1) is 27.7 Å². The van der Waals surface area contributed by atoms with E-state index in [1.807, 2.05) is 143 Å². The van der Waals surface area contributed by atoms with Gasteiger partial charge in [0.15, 0.2) is 11.6 Å². The molecule has 10 nitrogen and oxygen atoms in total. The number of hydrogen-bond donors (Lipinski definition) is 0. The van der Waals surface area contributed by atoms with Crippen molar-refractivity contribution in [3.8, 4) is 50.7 Å². The van der Waals surface area contributed by atoms with Crippen molar-refractivity contribution in [2.45, 2.75) is 27.7 Å². The number of aromatic nitrogens is 7. The zero-order valence-corrected chi connectivity index (χ0v) is 32.1. The Hall–Kier alpha value is -7.72. The Morgan fingerprint density at radius 1 is 0.397 bits per heavy atom. The van der Waals surface area contributed by atoms with Crippen molar-refractivity contribution >= 4 is 39.3 Å². The molecular formula is C48H34N8O2. The predicted octanol–water partition coefficient (Wildman–Crippen LogP) is 9.86. The maximum absolute atomic E-state index is 15.2. The van der Waals surface area contributed by atoms with Gasteiger partial charge in [-0.15, -0.1) is 0 Å². The highest BCUT2D eigenvalue weighted by molar-refractivity contribution is 6.37. The molecule has 278 valence electrons. The second-order valence-corrected chi connectivity index (χ2v) is 14.4. The van der Waals surface area contributed by atoms with E-state index in [0.29, 0.717) is 57.4 Å². The molecule has 0 fully saturated rings. The second kappa shape index (κ2) is 13.5. The Morgan fingerprint density at radius 3 is 1.41 bits per heavy atom. The van der Waals surface area contributed by atoms with Gasteiger partial charge in [-0.1, -0.05) is 103 Å². The molecule has 3 aromatic heterocycles. The first-order chi connectivity index (χ1) is 28.2. The van der Waals surface area contributed by atoms with Gasteiger partial charge in [-0.3, -0.25) is 9.59 Å². The molecule has 0 aliphatic carbocycles. The van der Waals surface area contributed by atoms with Gasteiger partial charge in [0.2, 0.25) is 0 Å². The molecular weight excluding hydrogens is 721 g/mol. The Balaban J connectivity index is 1.22. The van der Waals surface area contributed by atoms with Gasteiger partial charge in [0.25, 0.3) is 11.8 Å². The number of carbonyl (C=O) groups excluding carboxylic acids is 2. The fraction of sp³-hybridized carbons (Fsp3) is 0.0833. The molecule has 10 rings (SSSR count). The van der Waals surface area contributed by atoms with Crippen LogP contribution in [-0.2, 0) is 0 Å². The average molecular weight is 755 g/mol. The number of anilines is 1. The Kier molecular flexibility index (Phi) is 8.08. The summed E-state index contributed by atoms with van der Waals surface area (Å²) >= 11 is 0. The number of rotatable bonds is 6. The molecule has 0 atom stereocenters. The fourth-order valence-corrected chi connectivity index (χ4v) is 8.21. The third-order valence-corrected chi connectivity index (χ3v) is 10.6. The Labute approximate surface area is 333 Å². The maximum atomic E-state index is 15.2. The molecule has 0 bridgehead atoms. The predicted molar refractivity (Wildman–Crippen MR) is 226 cm³/mol. The van der Waals surface area contributed by atoms with E-state index >= 15 is 4.79 Å². The summed E-state index contributed by atoms with van der Waals surface area (Å²) in [7, 11) is 0. The molecule has 0 N–H and O–H groups in total. The lowest BCUT2D eigenvalue weighted by molar-refractivity contribution is 0.0926. The topological polar surface area (TPSA) is 120 Å². The van der Waals surface area contributed by atoms with Crippen LogP contribution in [0.4, 0.5) is 5.69 Å². The van der Waals surface area contributed by atoms with Crippen molar-refractivity contribution < 1.29 is 9.59 Å². The van der Waals surface area contributed by atoms with E-state index in [1.165, 1.54) is 4.90 Å². The van der Waals surface area contributed by atoms with Crippen molar-refractivity contribution in [1.29, 1.82) is 0 Å². The van der Waals surface area contributed by atoms with Crippen molar-refractivity contribution in [1.82, 2.24) is 34.5 Å². The summed E-state index contributed by atoms with van der Waals surface area (Å²) in [5, 5.41) is 1.90. The van der Waals surface area contributed by atoms with Crippen LogP contribution in [0.1, 0.15) is 44.0 Å². The minimum absolute atomic E-state index is 0.310. The van der Waals surface area contributed by atoms with E-state index in [2.05, 4.69) is 46.6 Å². The summed E-state index contributed by atoms with van der Waals surface area (Å²) in [5.41, 5.74) is 8.49. The van der Waals surface area contributed by atoms with E-state index < -0.39 is 11.8 Å². The molecule has 0 radical (unpaired) electrons. The standard InChI is InChI=1S/C48H34N8O2/c1-27-49-28(2)52-45(51-27)33-21-23-36-37-24-22-34(46-53-29(3)50-30(4)54-46)26-42(37)55(41(36)25-33)40-20-12-18-38-44(40)48(58)56(47(38)57)39-19-11-17-35(31-13-7-5-8-14-31)43(39)32-15-9-6-10-16-32/h5-26H,1-4H3. The number of benzene rings is 6. The molecule has 2 amide bonds. The smallest absolute Gasteiger partial charge is 0.268 e. The first-order valence-corrected chi connectivity index (χ1v) is 19.0. The molecule has 9 aromatic rings. The quantitative estimate of drug-likeness (QED) is 0.154. The van der Waals surface area contributed by atoms with Crippen molar-refractivity contribution in [2.24, 2.45) is 0 Å². The van der Waals surface area contributed by atoms with E-state index in [0.717, 1.165) is 55.2 Å². The van der Waals surface area contributed by atoms with Gasteiger partial charge in [-0.25, -0.2) is 34.8 Å². The Morgan fingerprint density at radius 2 is 0.879 bits per heavy atom. The number of imide groups is 1. The Bertz CT molecular complexity index is 3010. The van der Waals surface area contributed by atoms with Crippen LogP contribution in [0.15, 0.2) is 133 Å². The summed E-state index contributed by atoms with van der Waals surface area (Å²) < 4.78 is 2.06. The molecule has 58 heavy (non-hydrogen) atoms. The first-order valence-electron chi connectivity index (χ1n) is 19.0. The second-order valence-electron chi connectivity index (χ2n) is 14.4. The maximum Gasteiger partial charge on any atom is 0.268 e. The van der Waals surface area contributed by atoms with Crippen LogP contribution < -0.4 is 4.90 Å². The van der Waals surface area contributed by atoms with Gasteiger partial charge in [0.05, 0.1) is 33.5 Å². The molecule has 1 aliphatic heterocycles. The zero-order valence-electron chi connectivity index (χ0n) is 32.1. The normalized spacial score (nSPS) is 12.5. The SMILES string of the molecule is Cc1nc(C)nc(-c2ccc3c4ccc(-c5nc(C)nc(C)n5)cc4n(-c4cccc5c4C(=O)N(c4cccc(-c6ccccc6)c4-c4ccccc4)C5=O)c3c2)n1. The van der Waals surface area contributed by atoms with Crippen LogP contribution >= 0.6 is 0 Å². The number of nitrogens with zero attached hydrogens (tertiary/aromatic N) is 8. The lowest BCUT2D eigenvalue weighted by Crippen LogP contribution is -2.30. The van der Waals surface area contributed by atoms with Gasteiger partial charge < -0.3 is 4.57 Å². The van der Waals surface area contributed by atoms with Crippen molar-refractivity contribution in [2.75, 3.05) is 4.90 Å². The molecule has 0 unspecified atom stereocenters. The minimum atomic E-state index is -0.410.